The summed E-state index contributed by atoms with van der Waals surface area (Å²) in [4.78, 5) is 0. The van der Waals surface area contributed by atoms with Crippen molar-refractivity contribution in [3.8, 4) is 5.75 Å². The Morgan fingerprint density at radius 2 is 2.07 bits per heavy atom. The highest BCUT2D eigenvalue weighted by atomic mass is 16.5. The molecule has 0 heterocycles. The standard InChI is InChI=1S/C11H16N2O/c1-4-14-10-8(3)5-7(2)6-9(10)11(12)13/h5-6H,4H2,1-3H3,(H3,12,13). The lowest BCUT2D eigenvalue weighted by Gasteiger charge is -2.13. The van der Waals surface area contributed by atoms with Gasteiger partial charge in [0.2, 0.25) is 0 Å². The minimum Gasteiger partial charge on any atom is -0.493 e. The zero-order valence-corrected chi connectivity index (χ0v) is 8.85. The summed E-state index contributed by atoms with van der Waals surface area (Å²) in [5.41, 5.74) is 8.29. The number of rotatable bonds is 3. The van der Waals surface area contributed by atoms with E-state index in [4.69, 9.17) is 15.9 Å². The lowest BCUT2D eigenvalue weighted by Crippen LogP contribution is -2.14. The third-order valence-corrected chi connectivity index (χ3v) is 2.00. The first-order valence-electron chi connectivity index (χ1n) is 4.64. The molecule has 1 aromatic rings. The van der Waals surface area contributed by atoms with Gasteiger partial charge in [0.1, 0.15) is 11.6 Å². The van der Waals surface area contributed by atoms with Crippen LogP contribution < -0.4 is 10.5 Å². The first-order chi connectivity index (χ1) is 6.56. The lowest BCUT2D eigenvalue weighted by atomic mass is 10.0. The van der Waals surface area contributed by atoms with Crippen LogP contribution in [0.5, 0.6) is 5.75 Å². The van der Waals surface area contributed by atoms with Crippen LogP contribution in [0.4, 0.5) is 0 Å². The van der Waals surface area contributed by atoms with Crippen LogP contribution in [0.1, 0.15) is 23.6 Å². The Labute approximate surface area is 84.4 Å². The molecule has 14 heavy (non-hydrogen) atoms. The number of aryl methyl sites for hydroxylation is 2. The van der Waals surface area contributed by atoms with E-state index in [0.29, 0.717) is 12.2 Å². The van der Waals surface area contributed by atoms with Gasteiger partial charge in [-0.05, 0) is 38.0 Å². The summed E-state index contributed by atoms with van der Waals surface area (Å²) in [6.07, 6.45) is 0. The van der Waals surface area contributed by atoms with Crippen molar-refractivity contribution >= 4 is 5.84 Å². The molecular formula is C11H16N2O. The van der Waals surface area contributed by atoms with Crippen molar-refractivity contribution in [1.82, 2.24) is 0 Å². The van der Waals surface area contributed by atoms with Gasteiger partial charge < -0.3 is 10.5 Å². The lowest BCUT2D eigenvalue weighted by molar-refractivity contribution is 0.337. The molecule has 0 amide bonds. The molecule has 0 aliphatic rings. The fraction of sp³-hybridized carbons (Fsp3) is 0.364. The van der Waals surface area contributed by atoms with E-state index in [0.717, 1.165) is 16.9 Å². The number of hydrogen-bond donors (Lipinski definition) is 2. The Morgan fingerprint density at radius 1 is 1.43 bits per heavy atom. The minimum atomic E-state index is 0.0558. The summed E-state index contributed by atoms with van der Waals surface area (Å²) in [5, 5.41) is 7.45. The van der Waals surface area contributed by atoms with E-state index in [9.17, 15) is 0 Å². The van der Waals surface area contributed by atoms with Crippen LogP contribution in [0, 0.1) is 19.3 Å². The molecule has 0 bridgehead atoms. The van der Waals surface area contributed by atoms with Crippen LogP contribution >= 0.6 is 0 Å². The van der Waals surface area contributed by atoms with E-state index in [-0.39, 0.29) is 5.84 Å². The molecule has 3 nitrogen and oxygen atoms in total. The monoisotopic (exact) mass is 192 g/mol. The average Bonchev–Trinajstić information content (AvgIpc) is 2.09. The van der Waals surface area contributed by atoms with Crippen molar-refractivity contribution in [2.45, 2.75) is 20.8 Å². The van der Waals surface area contributed by atoms with Gasteiger partial charge in [-0.1, -0.05) is 6.07 Å². The minimum absolute atomic E-state index is 0.0558. The number of nitrogens with two attached hydrogens (primary N) is 1. The van der Waals surface area contributed by atoms with Crippen LogP contribution in [0.15, 0.2) is 12.1 Å². The Morgan fingerprint density at radius 3 is 2.57 bits per heavy atom. The first-order valence-corrected chi connectivity index (χ1v) is 4.64. The topological polar surface area (TPSA) is 59.1 Å². The molecule has 0 radical (unpaired) electrons. The van der Waals surface area contributed by atoms with E-state index < -0.39 is 0 Å². The molecular weight excluding hydrogens is 176 g/mol. The maximum absolute atomic E-state index is 7.45. The Balaban J connectivity index is 3.28. The second-order valence-corrected chi connectivity index (χ2v) is 3.31. The number of hydrogen-bond acceptors (Lipinski definition) is 2. The van der Waals surface area contributed by atoms with Crippen molar-refractivity contribution in [3.63, 3.8) is 0 Å². The Hall–Kier alpha value is -1.51. The molecule has 0 fully saturated rings. The van der Waals surface area contributed by atoms with Crippen molar-refractivity contribution in [3.05, 3.63) is 28.8 Å². The predicted octanol–water partition coefficient (Wildman–Crippen LogP) is 1.99. The molecule has 0 aromatic heterocycles. The summed E-state index contributed by atoms with van der Waals surface area (Å²) in [6, 6.07) is 3.90. The second kappa shape index (κ2) is 4.13. The highest BCUT2D eigenvalue weighted by Crippen LogP contribution is 2.24. The van der Waals surface area contributed by atoms with Crippen molar-refractivity contribution in [2.75, 3.05) is 6.61 Å². The van der Waals surface area contributed by atoms with Crippen molar-refractivity contribution in [2.24, 2.45) is 5.73 Å². The Bertz CT molecular complexity index is 359. The summed E-state index contributed by atoms with van der Waals surface area (Å²) in [7, 11) is 0. The molecule has 0 saturated carbocycles. The van der Waals surface area contributed by atoms with Gasteiger partial charge >= 0.3 is 0 Å². The summed E-state index contributed by atoms with van der Waals surface area (Å²) >= 11 is 0. The van der Waals surface area contributed by atoms with E-state index >= 15 is 0 Å². The van der Waals surface area contributed by atoms with Gasteiger partial charge in [-0.3, -0.25) is 5.41 Å². The molecule has 0 atom stereocenters. The molecule has 1 rings (SSSR count). The molecule has 0 aliphatic carbocycles. The number of nitrogen functional groups attached to an aromatic ring is 1. The zero-order valence-electron chi connectivity index (χ0n) is 8.85. The maximum atomic E-state index is 7.45. The fourth-order valence-corrected chi connectivity index (χ4v) is 1.49. The molecule has 3 N–H and O–H groups in total. The quantitative estimate of drug-likeness (QED) is 0.568. The van der Waals surface area contributed by atoms with Gasteiger partial charge in [0, 0.05) is 0 Å². The largest absolute Gasteiger partial charge is 0.493 e. The fourth-order valence-electron chi connectivity index (χ4n) is 1.49. The number of ether oxygens (including phenoxy) is 1. The normalized spacial score (nSPS) is 9.93. The van der Waals surface area contributed by atoms with Crippen LogP contribution in [-0.2, 0) is 0 Å². The molecule has 0 saturated heterocycles. The first kappa shape index (κ1) is 10.6. The number of nitrogens with one attached hydrogen (secondary N) is 1. The van der Waals surface area contributed by atoms with Crippen LogP contribution in [0.3, 0.4) is 0 Å². The predicted molar refractivity (Wildman–Crippen MR) is 58.1 cm³/mol. The summed E-state index contributed by atoms with van der Waals surface area (Å²) in [6.45, 7) is 6.45. The third-order valence-electron chi connectivity index (χ3n) is 2.00. The number of benzene rings is 1. The molecule has 0 unspecified atom stereocenters. The van der Waals surface area contributed by atoms with Gasteiger partial charge in [0.25, 0.3) is 0 Å². The smallest absolute Gasteiger partial charge is 0.133 e. The molecule has 0 aliphatic heterocycles. The van der Waals surface area contributed by atoms with Crippen LogP contribution in [0.2, 0.25) is 0 Å². The highest BCUT2D eigenvalue weighted by Gasteiger charge is 2.09. The van der Waals surface area contributed by atoms with E-state index in [1.165, 1.54) is 0 Å². The van der Waals surface area contributed by atoms with Gasteiger partial charge in [-0.25, -0.2) is 0 Å². The van der Waals surface area contributed by atoms with E-state index in [1.54, 1.807) is 0 Å². The maximum Gasteiger partial charge on any atom is 0.133 e. The SMILES string of the molecule is CCOc1c(C)cc(C)cc1C(=N)N. The van der Waals surface area contributed by atoms with Crippen molar-refractivity contribution in [1.29, 1.82) is 5.41 Å². The van der Waals surface area contributed by atoms with Crippen molar-refractivity contribution < 1.29 is 4.74 Å². The van der Waals surface area contributed by atoms with E-state index in [1.807, 2.05) is 32.9 Å². The van der Waals surface area contributed by atoms with Crippen LogP contribution in [-0.4, -0.2) is 12.4 Å². The van der Waals surface area contributed by atoms with Gasteiger partial charge in [0.15, 0.2) is 0 Å². The molecule has 76 valence electrons. The summed E-state index contributed by atoms with van der Waals surface area (Å²) < 4.78 is 5.46. The molecule has 3 heteroatoms. The third kappa shape index (κ3) is 2.05. The van der Waals surface area contributed by atoms with Crippen LogP contribution in [0.25, 0.3) is 0 Å². The van der Waals surface area contributed by atoms with Gasteiger partial charge in [0.05, 0.1) is 12.2 Å². The van der Waals surface area contributed by atoms with Gasteiger partial charge in [-0.2, -0.15) is 0 Å². The van der Waals surface area contributed by atoms with E-state index in [2.05, 4.69) is 0 Å². The van der Waals surface area contributed by atoms with Gasteiger partial charge in [-0.15, -0.1) is 0 Å². The molecule has 0 spiro atoms. The highest BCUT2D eigenvalue weighted by molar-refractivity contribution is 5.98. The Kier molecular flexibility index (Phi) is 3.12. The molecule has 1 aromatic carbocycles. The average molecular weight is 192 g/mol. The second-order valence-electron chi connectivity index (χ2n) is 3.31. The zero-order chi connectivity index (χ0) is 10.7. The summed E-state index contributed by atoms with van der Waals surface area (Å²) in [5.74, 6) is 0.783. The number of amidine groups is 1.